The van der Waals surface area contributed by atoms with E-state index in [1.54, 1.807) is 32.2 Å². The average Bonchev–Trinajstić information content (AvgIpc) is 3.02. The first-order chi connectivity index (χ1) is 21.3. The van der Waals surface area contributed by atoms with Gasteiger partial charge in [0.05, 0.1) is 19.8 Å². The number of para-hydroxylation sites is 1. The Labute approximate surface area is 256 Å². The zero-order valence-electron chi connectivity index (χ0n) is 25.2. The number of esters is 2. The van der Waals surface area contributed by atoms with Gasteiger partial charge >= 0.3 is 11.9 Å². The molecule has 0 unspecified atom stereocenters. The Morgan fingerprint density at radius 2 is 1.57 bits per heavy atom. The second-order valence-corrected chi connectivity index (χ2v) is 10.6. The number of ether oxygens (including phenoxy) is 5. The molecule has 0 amide bonds. The number of ketones is 1. The highest BCUT2D eigenvalue weighted by Gasteiger charge is 2.41. The van der Waals surface area contributed by atoms with Crippen LogP contribution >= 0.6 is 0 Å². The normalized spacial score (nSPS) is 17.8. The van der Waals surface area contributed by atoms with Crippen LogP contribution in [0.25, 0.3) is 0 Å². The smallest absolute Gasteiger partial charge is 0.336 e. The lowest BCUT2D eigenvalue weighted by atomic mass is 9.71. The summed E-state index contributed by atoms with van der Waals surface area (Å²) < 4.78 is 27.5. The molecule has 0 saturated heterocycles. The number of carbonyl (C=O) groups is 3. The second-order valence-electron chi connectivity index (χ2n) is 10.6. The van der Waals surface area contributed by atoms with Gasteiger partial charge in [0.2, 0.25) is 0 Å². The standard InChI is InChI=1S/C35H35NO8/c1-21-32(35(39)43-17-16-42-27-8-6-5-7-9-27)33(24-12-15-30(44-22(2)37)31(20-24)41-4)34-28(36-21)18-25(19-29(34)38)23-10-13-26(40-3)14-11-23/h5-15,20,25,33,36H,16-19H2,1-4H3/t25-,33+/m1/s1. The minimum absolute atomic E-state index is 0.0192. The molecule has 0 bridgehead atoms. The SMILES string of the molecule is COc1ccc([C@H]2CC(=O)C3=C(C2)NC(C)=C(C(=O)OCCOc2ccccc2)[C@@H]3c2ccc(OC(C)=O)c(OC)c2)cc1. The molecule has 1 aliphatic carbocycles. The third-order valence-electron chi connectivity index (χ3n) is 7.74. The molecule has 9 heteroatoms. The average molecular weight is 598 g/mol. The summed E-state index contributed by atoms with van der Waals surface area (Å²) in [4.78, 5) is 39.3. The predicted octanol–water partition coefficient (Wildman–Crippen LogP) is 5.61. The lowest BCUT2D eigenvalue weighted by Crippen LogP contribution is -2.36. The van der Waals surface area contributed by atoms with E-state index in [9.17, 15) is 14.4 Å². The molecule has 1 N–H and O–H groups in total. The Kier molecular flexibility index (Phi) is 9.33. The van der Waals surface area contributed by atoms with Crippen LogP contribution < -0.4 is 24.3 Å². The monoisotopic (exact) mass is 597 g/mol. The van der Waals surface area contributed by atoms with E-state index in [4.69, 9.17) is 23.7 Å². The van der Waals surface area contributed by atoms with E-state index < -0.39 is 17.9 Å². The molecule has 44 heavy (non-hydrogen) atoms. The van der Waals surface area contributed by atoms with Crippen LogP contribution in [0.15, 0.2) is 95.3 Å². The van der Waals surface area contributed by atoms with Crippen LogP contribution in [0.1, 0.15) is 49.7 Å². The molecule has 1 heterocycles. The van der Waals surface area contributed by atoms with E-state index >= 15 is 0 Å². The van der Waals surface area contributed by atoms with Crippen molar-refractivity contribution in [2.45, 2.75) is 38.5 Å². The van der Waals surface area contributed by atoms with Gasteiger partial charge < -0.3 is 29.0 Å². The van der Waals surface area contributed by atoms with Gasteiger partial charge in [-0.3, -0.25) is 9.59 Å². The van der Waals surface area contributed by atoms with Gasteiger partial charge in [0, 0.05) is 36.2 Å². The van der Waals surface area contributed by atoms with Gasteiger partial charge in [0.25, 0.3) is 0 Å². The largest absolute Gasteiger partial charge is 0.497 e. The van der Waals surface area contributed by atoms with E-state index in [1.165, 1.54) is 14.0 Å². The van der Waals surface area contributed by atoms with Crippen LogP contribution in [0.2, 0.25) is 0 Å². The first-order valence-corrected chi connectivity index (χ1v) is 14.4. The van der Waals surface area contributed by atoms with Crippen LogP contribution in [0.5, 0.6) is 23.0 Å². The lowest BCUT2D eigenvalue weighted by molar-refractivity contribution is -0.140. The van der Waals surface area contributed by atoms with Gasteiger partial charge in [0.1, 0.15) is 24.7 Å². The number of hydrogen-bond donors (Lipinski definition) is 1. The van der Waals surface area contributed by atoms with Crippen LogP contribution in [0.3, 0.4) is 0 Å². The molecule has 0 fully saturated rings. The number of dihydropyridines is 1. The Bertz CT molecular complexity index is 1610. The van der Waals surface area contributed by atoms with E-state index in [1.807, 2.05) is 54.6 Å². The van der Waals surface area contributed by atoms with Crippen LogP contribution in [0.4, 0.5) is 0 Å². The van der Waals surface area contributed by atoms with Gasteiger partial charge in [-0.1, -0.05) is 36.4 Å². The van der Waals surface area contributed by atoms with Gasteiger partial charge in [-0.2, -0.15) is 0 Å². The molecular formula is C35H35NO8. The summed E-state index contributed by atoms with van der Waals surface area (Å²) in [5.41, 5.74) is 3.85. The molecule has 2 atom stereocenters. The molecule has 3 aromatic carbocycles. The second kappa shape index (κ2) is 13.5. The van der Waals surface area contributed by atoms with Crippen molar-refractivity contribution in [1.29, 1.82) is 0 Å². The summed E-state index contributed by atoms with van der Waals surface area (Å²) in [5.74, 6) is 0.0699. The minimum atomic E-state index is -0.724. The third-order valence-corrected chi connectivity index (χ3v) is 7.74. The van der Waals surface area contributed by atoms with Crippen molar-refractivity contribution >= 4 is 17.7 Å². The fourth-order valence-electron chi connectivity index (χ4n) is 5.75. The van der Waals surface area contributed by atoms with Gasteiger partial charge in [-0.15, -0.1) is 0 Å². The molecule has 1 aliphatic heterocycles. The van der Waals surface area contributed by atoms with Crippen molar-refractivity contribution in [1.82, 2.24) is 5.32 Å². The van der Waals surface area contributed by atoms with Crippen molar-refractivity contribution in [3.8, 4) is 23.0 Å². The van der Waals surface area contributed by atoms with Gasteiger partial charge in [-0.05, 0) is 66.8 Å². The molecule has 9 nitrogen and oxygen atoms in total. The number of nitrogens with one attached hydrogen (secondary N) is 1. The number of benzene rings is 3. The molecule has 0 radical (unpaired) electrons. The number of methoxy groups -OCH3 is 2. The highest BCUT2D eigenvalue weighted by atomic mass is 16.6. The van der Waals surface area contributed by atoms with Crippen molar-refractivity contribution in [3.63, 3.8) is 0 Å². The van der Waals surface area contributed by atoms with Crippen LogP contribution in [-0.2, 0) is 19.1 Å². The van der Waals surface area contributed by atoms with Gasteiger partial charge in [0.15, 0.2) is 17.3 Å². The maximum absolute atomic E-state index is 14.0. The number of Topliss-reactive ketones (excluding diaryl/α,β-unsaturated/α-hetero) is 1. The maximum atomic E-state index is 14.0. The zero-order valence-corrected chi connectivity index (χ0v) is 25.2. The lowest BCUT2D eigenvalue weighted by Gasteiger charge is -2.37. The van der Waals surface area contributed by atoms with E-state index in [2.05, 4.69) is 5.32 Å². The quantitative estimate of drug-likeness (QED) is 0.181. The molecule has 3 aromatic rings. The Morgan fingerprint density at radius 3 is 2.25 bits per heavy atom. The molecule has 2 aliphatic rings. The molecule has 5 rings (SSSR count). The highest BCUT2D eigenvalue weighted by molar-refractivity contribution is 6.04. The summed E-state index contributed by atoms with van der Waals surface area (Å²) in [6, 6.07) is 22.0. The number of hydrogen-bond acceptors (Lipinski definition) is 9. The van der Waals surface area contributed by atoms with Crippen molar-refractivity contribution < 1.29 is 38.1 Å². The molecule has 228 valence electrons. The van der Waals surface area contributed by atoms with E-state index in [-0.39, 0.29) is 37.1 Å². The minimum Gasteiger partial charge on any atom is -0.497 e. The fraction of sp³-hybridized carbons (Fsp3) is 0.286. The van der Waals surface area contributed by atoms with Crippen LogP contribution in [0, 0.1) is 0 Å². The summed E-state index contributed by atoms with van der Waals surface area (Å²) in [6.07, 6.45) is 0.857. The summed E-state index contributed by atoms with van der Waals surface area (Å²) in [5, 5.41) is 3.37. The molecular weight excluding hydrogens is 562 g/mol. The number of carbonyl (C=O) groups excluding carboxylic acids is 3. The van der Waals surface area contributed by atoms with E-state index in [0.717, 1.165) is 17.0 Å². The number of rotatable bonds is 10. The highest BCUT2D eigenvalue weighted by Crippen LogP contribution is 2.47. The van der Waals surface area contributed by atoms with Crippen LogP contribution in [-0.4, -0.2) is 45.2 Å². The van der Waals surface area contributed by atoms with Crippen molar-refractivity contribution in [2.75, 3.05) is 27.4 Å². The molecule has 0 aromatic heterocycles. The Hall–Kier alpha value is -5.05. The fourth-order valence-corrected chi connectivity index (χ4v) is 5.75. The zero-order chi connectivity index (χ0) is 31.2. The Morgan fingerprint density at radius 1 is 0.841 bits per heavy atom. The molecule has 0 saturated carbocycles. The van der Waals surface area contributed by atoms with E-state index in [0.29, 0.717) is 40.3 Å². The predicted molar refractivity (Wildman–Crippen MR) is 163 cm³/mol. The third kappa shape index (κ3) is 6.62. The maximum Gasteiger partial charge on any atom is 0.336 e. The van der Waals surface area contributed by atoms with Crippen molar-refractivity contribution in [2.24, 2.45) is 0 Å². The summed E-state index contributed by atoms with van der Waals surface area (Å²) in [7, 11) is 3.08. The van der Waals surface area contributed by atoms with Gasteiger partial charge in [-0.25, -0.2) is 4.79 Å². The Balaban J connectivity index is 1.47. The topological polar surface area (TPSA) is 109 Å². The summed E-state index contributed by atoms with van der Waals surface area (Å²) in [6.45, 7) is 3.30. The summed E-state index contributed by atoms with van der Waals surface area (Å²) >= 11 is 0. The van der Waals surface area contributed by atoms with Crippen molar-refractivity contribution in [3.05, 3.63) is 106 Å². The first kappa shape index (κ1) is 30.4. The first-order valence-electron chi connectivity index (χ1n) is 14.4. The molecule has 0 spiro atoms. The number of allylic oxidation sites excluding steroid dienone is 3.